The number of benzene rings is 1. The minimum absolute atomic E-state index is 0.0279. The maximum Gasteiger partial charge on any atom is 0.269 e. The highest BCUT2D eigenvalue weighted by atomic mass is 16.6. The number of hydrogen-bond donors (Lipinski definition) is 1. The normalized spacial score (nSPS) is 15.8. The predicted molar refractivity (Wildman–Crippen MR) is 63.7 cm³/mol. The van der Waals surface area contributed by atoms with Crippen LogP contribution in [-0.2, 0) is 16.1 Å². The quantitative estimate of drug-likeness (QED) is 0.480. The third kappa shape index (κ3) is 2.57. The molecule has 96 valence electrons. The molecule has 1 heterocycles. The van der Waals surface area contributed by atoms with E-state index in [9.17, 15) is 14.9 Å². The topological polar surface area (TPSA) is 98.7 Å². The van der Waals surface area contributed by atoms with Gasteiger partial charge >= 0.3 is 0 Å². The van der Waals surface area contributed by atoms with Crippen molar-refractivity contribution in [1.82, 2.24) is 4.90 Å². The van der Waals surface area contributed by atoms with Gasteiger partial charge in [-0.1, -0.05) is 0 Å². The van der Waals surface area contributed by atoms with Crippen LogP contribution in [0.15, 0.2) is 18.2 Å². The van der Waals surface area contributed by atoms with Crippen LogP contribution in [0, 0.1) is 10.1 Å². The van der Waals surface area contributed by atoms with E-state index in [0.29, 0.717) is 24.4 Å². The molecule has 0 atom stereocenters. The number of nitrogens with zero attached hydrogens (tertiary/aromatic N) is 2. The van der Waals surface area contributed by atoms with Crippen molar-refractivity contribution in [3.63, 3.8) is 0 Å². The van der Waals surface area contributed by atoms with Gasteiger partial charge in [-0.15, -0.1) is 0 Å². The number of carbonyl (C=O) groups is 1. The van der Waals surface area contributed by atoms with Crippen molar-refractivity contribution in [3.8, 4) is 0 Å². The fourth-order valence-electron chi connectivity index (χ4n) is 1.77. The molecule has 1 saturated heterocycles. The van der Waals surface area contributed by atoms with Crippen LogP contribution in [0.5, 0.6) is 0 Å². The predicted octanol–water partition coefficient (Wildman–Crippen LogP) is 0.536. The number of ether oxygens (including phenoxy) is 1. The monoisotopic (exact) mass is 251 g/mol. The zero-order valence-electron chi connectivity index (χ0n) is 9.67. The molecule has 0 bridgehead atoms. The van der Waals surface area contributed by atoms with Crippen molar-refractivity contribution in [2.45, 2.75) is 6.54 Å². The van der Waals surface area contributed by atoms with Crippen LogP contribution in [0.4, 0.5) is 11.4 Å². The third-order valence-electron chi connectivity index (χ3n) is 2.78. The highest BCUT2D eigenvalue weighted by Crippen LogP contribution is 2.21. The lowest BCUT2D eigenvalue weighted by Gasteiger charge is -2.27. The van der Waals surface area contributed by atoms with E-state index >= 15 is 0 Å². The second-order valence-corrected chi connectivity index (χ2v) is 4.01. The molecule has 1 aromatic rings. The summed E-state index contributed by atoms with van der Waals surface area (Å²) in [6, 6.07) is 4.23. The third-order valence-corrected chi connectivity index (χ3v) is 2.78. The Kier molecular flexibility index (Phi) is 3.42. The van der Waals surface area contributed by atoms with Gasteiger partial charge in [-0.3, -0.25) is 14.9 Å². The van der Waals surface area contributed by atoms with E-state index in [-0.39, 0.29) is 24.7 Å². The van der Waals surface area contributed by atoms with Crippen molar-refractivity contribution < 1.29 is 14.5 Å². The van der Waals surface area contributed by atoms with Gasteiger partial charge in [-0.2, -0.15) is 0 Å². The molecule has 2 N–H and O–H groups in total. The smallest absolute Gasteiger partial charge is 0.269 e. The number of nitrogen functional groups attached to an aromatic ring is 1. The average molecular weight is 251 g/mol. The molecule has 0 aliphatic carbocycles. The summed E-state index contributed by atoms with van der Waals surface area (Å²) in [5.74, 6) is -0.132. The number of nitro groups is 1. The maximum absolute atomic E-state index is 11.6. The summed E-state index contributed by atoms with van der Waals surface area (Å²) in [4.78, 5) is 23.3. The van der Waals surface area contributed by atoms with Crippen LogP contribution in [0.2, 0.25) is 0 Å². The van der Waals surface area contributed by atoms with Crippen molar-refractivity contribution in [1.29, 1.82) is 0 Å². The Labute approximate surface area is 103 Å². The molecular weight excluding hydrogens is 238 g/mol. The van der Waals surface area contributed by atoms with Crippen LogP contribution in [0.3, 0.4) is 0 Å². The summed E-state index contributed by atoms with van der Waals surface area (Å²) in [5, 5.41) is 10.7. The molecule has 0 saturated carbocycles. The van der Waals surface area contributed by atoms with Crippen molar-refractivity contribution >= 4 is 17.3 Å². The van der Waals surface area contributed by atoms with E-state index in [2.05, 4.69) is 0 Å². The van der Waals surface area contributed by atoms with Crippen LogP contribution >= 0.6 is 0 Å². The largest absolute Gasteiger partial charge is 0.398 e. The zero-order chi connectivity index (χ0) is 13.1. The molecule has 0 radical (unpaired) electrons. The first-order valence-electron chi connectivity index (χ1n) is 5.46. The Hall–Kier alpha value is -2.15. The van der Waals surface area contributed by atoms with E-state index in [4.69, 9.17) is 10.5 Å². The van der Waals surface area contributed by atoms with E-state index in [1.807, 2.05) is 0 Å². The number of morpholine rings is 1. The van der Waals surface area contributed by atoms with Gasteiger partial charge in [-0.05, 0) is 6.07 Å². The average Bonchev–Trinajstić information content (AvgIpc) is 2.34. The van der Waals surface area contributed by atoms with E-state index in [1.165, 1.54) is 18.2 Å². The molecular formula is C11H13N3O4. The van der Waals surface area contributed by atoms with Crippen LogP contribution in [0.25, 0.3) is 0 Å². The van der Waals surface area contributed by atoms with Gasteiger partial charge in [0.15, 0.2) is 0 Å². The lowest BCUT2D eigenvalue weighted by molar-refractivity contribution is -0.384. The van der Waals surface area contributed by atoms with Crippen molar-refractivity contribution in [3.05, 3.63) is 33.9 Å². The fraction of sp³-hybridized carbons (Fsp3) is 0.364. The highest BCUT2D eigenvalue weighted by Gasteiger charge is 2.20. The molecule has 18 heavy (non-hydrogen) atoms. The highest BCUT2D eigenvalue weighted by molar-refractivity contribution is 5.78. The molecule has 0 unspecified atom stereocenters. The van der Waals surface area contributed by atoms with Gasteiger partial charge in [0.2, 0.25) is 5.91 Å². The maximum atomic E-state index is 11.6. The van der Waals surface area contributed by atoms with Gasteiger partial charge in [0.25, 0.3) is 5.69 Å². The summed E-state index contributed by atoms with van der Waals surface area (Å²) < 4.78 is 5.01. The van der Waals surface area contributed by atoms with Crippen molar-refractivity contribution in [2.75, 3.05) is 25.5 Å². The standard InChI is InChI=1S/C11H13N3O4/c12-10-2-1-9(14(16)17)5-8(10)6-13-3-4-18-7-11(13)15/h1-2,5H,3-4,6-7,12H2. The van der Waals surface area contributed by atoms with Crippen LogP contribution < -0.4 is 5.73 Å². The number of anilines is 1. The molecule has 0 spiro atoms. The molecule has 7 nitrogen and oxygen atoms in total. The lowest BCUT2D eigenvalue weighted by atomic mass is 10.1. The Balaban J connectivity index is 2.19. The molecule has 7 heteroatoms. The second kappa shape index (κ2) is 5.01. The number of rotatable bonds is 3. The molecule has 1 amide bonds. The molecule has 1 aromatic carbocycles. The summed E-state index contributed by atoms with van der Waals surface area (Å²) in [6.07, 6.45) is 0. The first-order chi connectivity index (χ1) is 8.58. The van der Waals surface area contributed by atoms with Crippen LogP contribution in [-0.4, -0.2) is 35.5 Å². The van der Waals surface area contributed by atoms with Gasteiger partial charge < -0.3 is 15.4 Å². The fourth-order valence-corrected chi connectivity index (χ4v) is 1.77. The first-order valence-corrected chi connectivity index (χ1v) is 5.46. The minimum atomic E-state index is -0.482. The van der Waals surface area contributed by atoms with Gasteiger partial charge in [0.1, 0.15) is 6.61 Å². The summed E-state index contributed by atoms with van der Waals surface area (Å²) >= 11 is 0. The first kappa shape index (κ1) is 12.3. The van der Waals surface area contributed by atoms with E-state index < -0.39 is 4.92 Å². The van der Waals surface area contributed by atoms with Gasteiger partial charge in [-0.25, -0.2) is 0 Å². The molecule has 2 rings (SSSR count). The Morgan fingerprint density at radius 3 is 2.94 bits per heavy atom. The second-order valence-electron chi connectivity index (χ2n) is 4.01. The number of non-ortho nitro benzene ring substituents is 1. The summed E-state index contributed by atoms with van der Waals surface area (Å²) in [7, 11) is 0. The van der Waals surface area contributed by atoms with Gasteiger partial charge in [0.05, 0.1) is 11.5 Å². The number of nitro benzene ring substituents is 1. The molecule has 1 aliphatic heterocycles. The van der Waals surface area contributed by atoms with Crippen LogP contribution in [0.1, 0.15) is 5.56 Å². The minimum Gasteiger partial charge on any atom is -0.398 e. The lowest BCUT2D eigenvalue weighted by Crippen LogP contribution is -2.41. The number of amides is 1. The molecule has 1 fully saturated rings. The number of nitrogens with two attached hydrogens (primary N) is 1. The van der Waals surface area contributed by atoms with E-state index in [0.717, 1.165) is 0 Å². The Morgan fingerprint density at radius 1 is 1.50 bits per heavy atom. The van der Waals surface area contributed by atoms with Crippen molar-refractivity contribution in [2.24, 2.45) is 0 Å². The SMILES string of the molecule is Nc1ccc([N+](=O)[O-])cc1CN1CCOCC1=O. The Bertz CT molecular complexity index is 489. The molecule has 0 aromatic heterocycles. The van der Waals surface area contributed by atoms with E-state index in [1.54, 1.807) is 4.90 Å². The Morgan fingerprint density at radius 2 is 2.28 bits per heavy atom. The molecule has 1 aliphatic rings. The summed E-state index contributed by atoms with van der Waals surface area (Å²) in [6.45, 7) is 1.27. The zero-order valence-corrected chi connectivity index (χ0v) is 9.67. The number of carbonyl (C=O) groups excluding carboxylic acids is 1. The van der Waals surface area contributed by atoms with Gasteiger partial charge in [0, 0.05) is 36.5 Å². The number of hydrogen-bond acceptors (Lipinski definition) is 5. The summed E-state index contributed by atoms with van der Waals surface area (Å²) in [5.41, 5.74) is 6.76.